The van der Waals surface area contributed by atoms with Gasteiger partial charge in [-0.2, -0.15) is 0 Å². The predicted octanol–water partition coefficient (Wildman–Crippen LogP) is 10.7. The van der Waals surface area contributed by atoms with Crippen LogP contribution in [0.2, 0.25) is 0 Å². The third-order valence-corrected chi connectivity index (χ3v) is 11.5. The molecule has 6 aromatic carbocycles. The van der Waals surface area contributed by atoms with Gasteiger partial charge in [0.05, 0.1) is 34.2 Å². The summed E-state index contributed by atoms with van der Waals surface area (Å²) in [6, 6.07) is 58.0. The average Bonchev–Trinajstić information content (AvgIpc) is 4.18. The third kappa shape index (κ3) is 6.30. The maximum absolute atomic E-state index is 6.73. The minimum atomic E-state index is 0. The van der Waals surface area contributed by atoms with Gasteiger partial charge in [0.25, 0.3) is 0 Å². The van der Waals surface area contributed by atoms with E-state index >= 15 is 0 Å². The molecule has 6 heterocycles. The van der Waals surface area contributed by atoms with Gasteiger partial charge in [0.15, 0.2) is 0 Å². The van der Waals surface area contributed by atoms with Gasteiger partial charge < -0.3 is 15.0 Å². The van der Waals surface area contributed by atoms with E-state index in [-0.39, 0.29) is 16.5 Å². The van der Waals surface area contributed by atoms with Gasteiger partial charge in [-0.3, -0.25) is 0 Å². The van der Waals surface area contributed by atoms with Crippen LogP contribution in [-0.2, 0) is 16.5 Å². The van der Waals surface area contributed by atoms with Crippen molar-refractivity contribution in [3.63, 3.8) is 0 Å². The Balaban J connectivity index is 0.00000432. The molecule has 6 nitrogen and oxygen atoms in total. The molecule has 0 saturated carbocycles. The molecular formula is C55H33N5NiO. The zero-order valence-electron chi connectivity index (χ0n) is 33.0. The summed E-state index contributed by atoms with van der Waals surface area (Å²) in [4.78, 5) is 21.9. The van der Waals surface area contributed by atoms with E-state index in [1.165, 1.54) is 0 Å². The maximum atomic E-state index is 6.73. The third-order valence-electron chi connectivity index (χ3n) is 11.5. The SMILES string of the molecule is C1=CC2=C(c3ccccc3)C3=CC(=C4[N-]c5c(ccc6ccccc56)O4)C(=N3)C(c3ccccc3)=c3ccc([n-]3)=C(c3ccccc3)C3=NC(=C(c4ccccc4)C1=N2)C=C3.[Ni+2]. The number of rotatable bonds is 4. The number of allylic oxidation sites excluding steroid dienone is 8. The first-order valence-electron chi connectivity index (χ1n) is 20.3. The van der Waals surface area contributed by atoms with Crippen LogP contribution < -0.4 is 20.4 Å². The maximum Gasteiger partial charge on any atom is 2.00 e. The van der Waals surface area contributed by atoms with E-state index in [2.05, 4.69) is 158 Å². The molecule has 8 bridgehead atoms. The molecule has 5 aliphatic rings. The molecule has 0 saturated heterocycles. The van der Waals surface area contributed by atoms with Gasteiger partial charge in [-0.25, -0.2) is 15.0 Å². The topological polar surface area (TPSA) is 74.5 Å². The molecule has 7 heteroatoms. The molecule has 294 valence electrons. The molecule has 0 radical (unpaired) electrons. The second-order valence-corrected chi connectivity index (χ2v) is 15.2. The van der Waals surface area contributed by atoms with Gasteiger partial charge in [-0.15, -0.1) is 10.7 Å². The normalized spacial score (nSPS) is 17.4. The van der Waals surface area contributed by atoms with Crippen LogP contribution in [0.4, 0.5) is 5.69 Å². The Morgan fingerprint density at radius 2 is 0.952 bits per heavy atom. The Morgan fingerprint density at radius 1 is 0.435 bits per heavy atom. The number of aromatic nitrogens is 1. The number of hydrogen-bond donors (Lipinski definition) is 0. The average molecular weight is 839 g/mol. The molecule has 0 spiro atoms. The Hall–Kier alpha value is -7.86. The van der Waals surface area contributed by atoms with E-state index in [9.17, 15) is 0 Å². The van der Waals surface area contributed by atoms with Crippen molar-refractivity contribution in [1.29, 1.82) is 0 Å². The Kier molecular flexibility index (Phi) is 9.18. The molecule has 0 fully saturated rings. The van der Waals surface area contributed by atoms with E-state index in [1.807, 2.05) is 42.5 Å². The van der Waals surface area contributed by atoms with E-state index in [1.54, 1.807) is 0 Å². The Bertz CT molecular complexity index is 3420. The minimum absolute atomic E-state index is 0. The second kappa shape index (κ2) is 15.3. The van der Waals surface area contributed by atoms with Crippen LogP contribution in [0.15, 0.2) is 244 Å². The molecule has 0 aliphatic carbocycles. The van der Waals surface area contributed by atoms with Crippen LogP contribution >= 0.6 is 0 Å². The first-order chi connectivity index (χ1) is 30.2. The molecule has 0 N–H and O–H groups in total. The van der Waals surface area contributed by atoms with Crippen LogP contribution in [0, 0.1) is 0 Å². The summed E-state index contributed by atoms with van der Waals surface area (Å²) >= 11 is 0. The minimum Gasteiger partial charge on any atom is -0.657 e. The quantitative estimate of drug-likeness (QED) is 0.166. The van der Waals surface area contributed by atoms with Gasteiger partial charge >= 0.3 is 16.5 Å². The van der Waals surface area contributed by atoms with Crippen molar-refractivity contribution in [2.24, 2.45) is 15.0 Å². The van der Waals surface area contributed by atoms with Gasteiger partial charge in [-0.1, -0.05) is 169 Å². The number of fused-ring (bicyclic) bond motifs is 8. The Labute approximate surface area is 368 Å². The van der Waals surface area contributed by atoms with Crippen LogP contribution in [0.1, 0.15) is 22.3 Å². The Morgan fingerprint density at radius 3 is 1.60 bits per heavy atom. The van der Waals surface area contributed by atoms with Crippen LogP contribution in [-0.4, -0.2) is 17.1 Å². The van der Waals surface area contributed by atoms with Gasteiger partial charge in [0, 0.05) is 22.6 Å². The smallest absolute Gasteiger partial charge is 0.657 e. The molecule has 7 aromatic rings. The predicted molar refractivity (Wildman–Crippen MR) is 247 cm³/mol. The van der Waals surface area contributed by atoms with E-state index in [0.29, 0.717) is 17.3 Å². The fraction of sp³-hybridized carbons (Fsp3) is 0. The summed E-state index contributed by atoms with van der Waals surface area (Å²) in [6.45, 7) is 0. The molecule has 5 aliphatic heterocycles. The molecule has 0 unspecified atom stereocenters. The number of hydrogen-bond acceptors (Lipinski definition) is 4. The first kappa shape index (κ1) is 37.2. The molecule has 0 atom stereocenters. The summed E-state index contributed by atoms with van der Waals surface area (Å²) in [5.41, 5.74) is 13.9. The number of ether oxygens (including phenoxy) is 1. The van der Waals surface area contributed by atoms with Crippen molar-refractivity contribution in [2.75, 3.05) is 0 Å². The van der Waals surface area contributed by atoms with Crippen molar-refractivity contribution in [3.05, 3.63) is 267 Å². The number of aliphatic imine (C=N–C) groups is 3. The molecular weight excluding hydrogens is 805 g/mol. The zero-order chi connectivity index (χ0) is 40.3. The fourth-order valence-corrected chi connectivity index (χ4v) is 8.70. The summed E-state index contributed by atoms with van der Waals surface area (Å²) in [7, 11) is 0. The standard InChI is InChI=1S/C55H33N5O.Ni/c1-5-16-35(17-6-1)49-41-26-27-42(56-41)50(36-18-7-2-8-19-36)44-30-31-46(58-44)52(38-22-11-4-12-23-38)54-40(55-60-53-39-24-14-13-15-34(39)25-32-48(53)61-55)33-47(59-54)51(37-20-9-3-10-21-37)45-29-28-43(49)57-45;/h1-33H;/q-2;+2. The van der Waals surface area contributed by atoms with Crippen LogP contribution in [0.3, 0.4) is 0 Å². The van der Waals surface area contributed by atoms with Crippen molar-refractivity contribution in [3.8, 4) is 5.75 Å². The van der Waals surface area contributed by atoms with Crippen molar-refractivity contribution < 1.29 is 21.2 Å². The molecule has 12 rings (SSSR count). The second-order valence-electron chi connectivity index (χ2n) is 15.2. The van der Waals surface area contributed by atoms with Crippen molar-refractivity contribution in [2.45, 2.75) is 0 Å². The van der Waals surface area contributed by atoms with Crippen molar-refractivity contribution in [1.82, 2.24) is 4.98 Å². The monoisotopic (exact) mass is 837 g/mol. The molecule has 62 heavy (non-hydrogen) atoms. The summed E-state index contributed by atoms with van der Waals surface area (Å²) in [5.74, 6) is 1.18. The van der Waals surface area contributed by atoms with Crippen LogP contribution in [0.5, 0.6) is 5.75 Å². The van der Waals surface area contributed by atoms with Gasteiger partial charge in [0.1, 0.15) is 5.75 Å². The molecule has 1 aromatic heterocycles. The van der Waals surface area contributed by atoms with E-state index in [0.717, 1.165) is 106 Å². The number of benzene rings is 6. The van der Waals surface area contributed by atoms with Crippen molar-refractivity contribution >= 4 is 55.9 Å². The number of nitrogens with zero attached hydrogens (tertiary/aromatic N) is 5. The fourth-order valence-electron chi connectivity index (χ4n) is 8.70. The zero-order valence-corrected chi connectivity index (χ0v) is 34.0. The van der Waals surface area contributed by atoms with E-state index < -0.39 is 0 Å². The first-order valence-corrected chi connectivity index (χ1v) is 20.3. The van der Waals surface area contributed by atoms with E-state index in [4.69, 9.17) is 30.0 Å². The largest absolute Gasteiger partial charge is 2.00 e. The van der Waals surface area contributed by atoms with Gasteiger partial charge in [-0.05, 0) is 80.6 Å². The van der Waals surface area contributed by atoms with Crippen LogP contribution in [0.25, 0.3) is 38.4 Å². The summed E-state index contributed by atoms with van der Waals surface area (Å²) in [5, 5.41) is 8.94. The molecule has 0 amide bonds. The summed E-state index contributed by atoms with van der Waals surface area (Å²) < 4.78 is 6.73. The van der Waals surface area contributed by atoms with Gasteiger partial charge in [0.2, 0.25) is 0 Å². The summed E-state index contributed by atoms with van der Waals surface area (Å²) in [6.07, 6.45) is 10.5.